The van der Waals surface area contributed by atoms with E-state index < -0.39 is 16.8 Å². The SMILES string of the molecule is C.C.CC(C)(C)O.CC(C)(C)O.CC(C)(O)CO.CC(C)CO.CCCO. The van der Waals surface area contributed by atoms with Crippen LogP contribution in [0.1, 0.15) is 97.4 Å². The molecule has 0 atom stereocenters. The van der Waals surface area contributed by atoms with Gasteiger partial charge in [-0.05, 0) is 67.7 Å². The van der Waals surface area contributed by atoms with Crippen molar-refractivity contribution in [2.45, 2.75) is 114 Å². The van der Waals surface area contributed by atoms with Gasteiger partial charge in [0.1, 0.15) is 0 Å². The van der Waals surface area contributed by atoms with Gasteiger partial charge < -0.3 is 30.6 Å². The zero-order chi connectivity index (χ0) is 21.9. The molecule has 0 unspecified atom stereocenters. The molecule has 0 radical (unpaired) electrons. The Balaban J connectivity index is -0.0000000366. The molecule has 6 heteroatoms. The van der Waals surface area contributed by atoms with Crippen LogP contribution in [0.3, 0.4) is 0 Å². The zero-order valence-corrected chi connectivity index (χ0v) is 18.6. The number of hydrogen-bond acceptors (Lipinski definition) is 6. The maximum Gasteiger partial charge on any atom is 0.0821 e. The molecule has 176 valence electrons. The third-order valence-electron chi connectivity index (χ3n) is 0.976. The van der Waals surface area contributed by atoms with Gasteiger partial charge in [-0.25, -0.2) is 0 Å². The summed E-state index contributed by atoms with van der Waals surface area (Å²) >= 11 is 0. The summed E-state index contributed by atoms with van der Waals surface area (Å²) in [7, 11) is 0. The van der Waals surface area contributed by atoms with Crippen molar-refractivity contribution in [2.24, 2.45) is 5.92 Å². The van der Waals surface area contributed by atoms with Crippen molar-refractivity contribution in [3.63, 3.8) is 0 Å². The van der Waals surface area contributed by atoms with Gasteiger partial charge in [-0.15, -0.1) is 0 Å². The molecule has 0 aliphatic rings. The van der Waals surface area contributed by atoms with Crippen LogP contribution in [0.25, 0.3) is 0 Å². The Morgan fingerprint density at radius 2 is 0.778 bits per heavy atom. The molecule has 0 aromatic rings. The Bertz CT molecular complexity index is 196. The standard InChI is InChI=1S/C4H10O2.3C4H10O.C3H8O.2CH4/c1-4(2,6)3-5;2*1-4(2,3)5;1-4(2)3-5;1-2-3-4;;/h5-6H,3H2,1-2H3;2*5H,1-3H3;4-5H,3H2,1-2H3;4H,2-3H2,1H3;2*1H4. The minimum absolute atomic E-state index is 0. The summed E-state index contributed by atoms with van der Waals surface area (Å²) in [4.78, 5) is 0. The number of rotatable bonds is 3. The lowest BCUT2D eigenvalue weighted by Gasteiger charge is -2.10. The minimum Gasteiger partial charge on any atom is -0.396 e. The number of hydrogen-bond donors (Lipinski definition) is 6. The number of aliphatic hydroxyl groups excluding tert-OH is 3. The van der Waals surface area contributed by atoms with Gasteiger partial charge in [0.05, 0.1) is 23.4 Å². The number of aliphatic hydroxyl groups is 6. The molecular formula is C21H56O6. The first-order valence-corrected chi connectivity index (χ1v) is 8.74. The van der Waals surface area contributed by atoms with E-state index in [1.54, 1.807) is 55.4 Å². The molecule has 6 N–H and O–H groups in total. The summed E-state index contributed by atoms with van der Waals surface area (Å²) in [5.41, 5.74) is -1.90. The molecule has 0 heterocycles. The van der Waals surface area contributed by atoms with Gasteiger partial charge in [-0.1, -0.05) is 35.6 Å². The van der Waals surface area contributed by atoms with Gasteiger partial charge in [-0.2, -0.15) is 0 Å². The molecule has 0 aliphatic carbocycles. The molecule has 0 aromatic heterocycles. The van der Waals surface area contributed by atoms with E-state index in [9.17, 15) is 0 Å². The molecule has 0 aromatic carbocycles. The van der Waals surface area contributed by atoms with Crippen molar-refractivity contribution in [3.8, 4) is 0 Å². The summed E-state index contributed by atoms with van der Waals surface area (Å²) in [6.45, 7) is 19.9. The van der Waals surface area contributed by atoms with Crippen LogP contribution < -0.4 is 0 Å². The van der Waals surface area contributed by atoms with E-state index in [-0.39, 0.29) is 21.5 Å². The maximum atomic E-state index is 8.58. The van der Waals surface area contributed by atoms with Crippen LogP contribution in [0.2, 0.25) is 0 Å². The average Bonchev–Trinajstić information content (AvgIpc) is 2.35. The van der Waals surface area contributed by atoms with Crippen LogP contribution in [0.5, 0.6) is 0 Å². The fourth-order valence-electron chi connectivity index (χ4n) is 0. The topological polar surface area (TPSA) is 121 Å². The van der Waals surface area contributed by atoms with Crippen molar-refractivity contribution in [3.05, 3.63) is 0 Å². The molecule has 0 rings (SSSR count). The second kappa shape index (κ2) is 25.8. The Labute approximate surface area is 171 Å². The third-order valence-corrected chi connectivity index (χ3v) is 0.976. The molecule has 0 saturated heterocycles. The fourth-order valence-corrected chi connectivity index (χ4v) is 0. The normalized spacial score (nSPS) is 10.0. The average molecular weight is 405 g/mol. The van der Waals surface area contributed by atoms with E-state index in [1.807, 2.05) is 20.8 Å². The van der Waals surface area contributed by atoms with Crippen LogP contribution in [0.4, 0.5) is 0 Å². The molecule has 0 amide bonds. The first kappa shape index (κ1) is 45.5. The van der Waals surface area contributed by atoms with Gasteiger partial charge in [0.2, 0.25) is 0 Å². The molecule has 0 fully saturated rings. The largest absolute Gasteiger partial charge is 0.396 e. The fraction of sp³-hybridized carbons (Fsp3) is 1.00. The van der Waals surface area contributed by atoms with Crippen molar-refractivity contribution in [2.75, 3.05) is 19.8 Å². The minimum atomic E-state index is -0.903. The molecular weight excluding hydrogens is 348 g/mol. The van der Waals surface area contributed by atoms with E-state index in [0.29, 0.717) is 19.1 Å². The van der Waals surface area contributed by atoms with Crippen molar-refractivity contribution >= 4 is 0 Å². The molecule has 0 spiro atoms. The molecule has 6 nitrogen and oxygen atoms in total. The summed E-state index contributed by atoms with van der Waals surface area (Å²) in [5.74, 6) is 0.440. The van der Waals surface area contributed by atoms with Gasteiger partial charge in [0, 0.05) is 13.2 Å². The highest BCUT2D eigenvalue weighted by Gasteiger charge is 2.07. The van der Waals surface area contributed by atoms with Crippen LogP contribution in [0, 0.1) is 5.92 Å². The van der Waals surface area contributed by atoms with Crippen LogP contribution in [0.15, 0.2) is 0 Å². The third kappa shape index (κ3) is 438. The quantitative estimate of drug-likeness (QED) is 0.427. The van der Waals surface area contributed by atoms with Crippen molar-refractivity contribution in [1.82, 2.24) is 0 Å². The van der Waals surface area contributed by atoms with Gasteiger partial charge in [-0.3, -0.25) is 0 Å². The molecule has 27 heavy (non-hydrogen) atoms. The second-order valence-corrected chi connectivity index (χ2v) is 8.61. The van der Waals surface area contributed by atoms with E-state index in [1.165, 1.54) is 0 Å². The molecule has 0 saturated carbocycles. The predicted octanol–water partition coefficient (Wildman–Crippen LogP) is 3.60. The summed E-state index contributed by atoms with van der Waals surface area (Å²) in [6, 6.07) is 0. The maximum absolute atomic E-state index is 8.58. The Hall–Kier alpha value is -0.240. The lowest BCUT2D eigenvalue weighted by atomic mass is 10.2. The Kier molecular flexibility index (Phi) is 43.4. The molecule has 0 aliphatic heterocycles. The van der Waals surface area contributed by atoms with Crippen molar-refractivity contribution < 1.29 is 30.6 Å². The highest BCUT2D eigenvalue weighted by molar-refractivity contribution is 4.59. The first-order chi connectivity index (χ1) is 10.7. The van der Waals surface area contributed by atoms with Crippen LogP contribution >= 0.6 is 0 Å². The van der Waals surface area contributed by atoms with E-state index in [2.05, 4.69) is 0 Å². The Morgan fingerprint density at radius 3 is 0.778 bits per heavy atom. The lowest BCUT2D eigenvalue weighted by molar-refractivity contribution is 0.0183. The first-order valence-electron chi connectivity index (χ1n) is 8.74. The smallest absolute Gasteiger partial charge is 0.0821 e. The van der Waals surface area contributed by atoms with Crippen molar-refractivity contribution in [1.29, 1.82) is 0 Å². The molecule has 0 bridgehead atoms. The Morgan fingerprint density at radius 1 is 0.667 bits per heavy atom. The highest BCUT2D eigenvalue weighted by Crippen LogP contribution is 1.95. The van der Waals surface area contributed by atoms with Gasteiger partial charge in [0.15, 0.2) is 0 Å². The summed E-state index contributed by atoms with van der Waals surface area (Å²) < 4.78 is 0. The predicted molar refractivity (Wildman–Crippen MR) is 120 cm³/mol. The lowest BCUT2D eigenvalue weighted by Crippen LogP contribution is -2.23. The van der Waals surface area contributed by atoms with E-state index in [4.69, 9.17) is 30.6 Å². The summed E-state index contributed by atoms with van der Waals surface area (Å²) in [5, 5.41) is 49.8. The monoisotopic (exact) mass is 404 g/mol. The van der Waals surface area contributed by atoms with Gasteiger partial charge in [0.25, 0.3) is 0 Å². The van der Waals surface area contributed by atoms with Gasteiger partial charge >= 0.3 is 0 Å². The van der Waals surface area contributed by atoms with E-state index in [0.717, 1.165) is 6.42 Å². The van der Waals surface area contributed by atoms with Crippen LogP contribution in [-0.2, 0) is 0 Å². The summed E-state index contributed by atoms with van der Waals surface area (Å²) in [6.07, 6.45) is 0.875. The zero-order valence-electron chi connectivity index (χ0n) is 18.6. The second-order valence-electron chi connectivity index (χ2n) is 8.61. The van der Waals surface area contributed by atoms with Crippen LogP contribution in [-0.4, -0.2) is 67.3 Å². The highest BCUT2D eigenvalue weighted by atomic mass is 16.3. The van der Waals surface area contributed by atoms with E-state index >= 15 is 0 Å².